The zero-order chi connectivity index (χ0) is 15.3. The maximum atomic E-state index is 13.1. The van der Waals surface area contributed by atoms with Crippen LogP contribution in [0.3, 0.4) is 0 Å². The molecule has 0 aliphatic carbocycles. The molecule has 0 aromatic heterocycles. The topological polar surface area (TPSA) is 45.0 Å². The number of halogens is 1. The lowest BCUT2D eigenvalue weighted by Crippen LogP contribution is -2.44. The van der Waals surface area contributed by atoms with Crippen LogP contribution in [0.1, 0.15) is 11.1 Å². The van der Waals surface area contributed by atoms with Crippen molar-refractivity contribution in [1.82, 2.24) is 5.32 Å². The lowest BCUT2D eigenvalue weighted by Gasteiger charge is -2.27. The molecule has 0 saturated heterocycles. The summed E-state index contributed by atoms with van der Waals surface area (Å²) < 4.78 is 18.8. The average Bonchev–Trinajstić information content (AvgIpc) is 2.51. The van der Waals surface area contributed by atoms with Crippen molar-refractivity contribution in [3.8, 4) is 11.8 Å². The third kappa shape index (κ3) is 3.21. The van der Waals surface area contributed by atoms with Gasteiger partial charge >= 0.3 is 0 Å². The highest BCUT2D eigenvalue weighted by Gasteiger charge is 2.31. The van der Waals surface area contributed by atoms with Crippen molar-refractivity contribution in [2.45, 2.75) is 12.5 Å². The molecule has 1 atom stereocenters. The minimum absolute atomic E-state index is 0.135. The van der Waals surface area contributed by atoms with Crippen molar-refractivity contribution < 1.29 is 9.13 Å². The van der Waals surface area contributed by atoms with Crippen LogP contribution >= 0.6 is 0 Å². The van der Waals surface area contributed by atoms with Crippen LogP contribution in [0.5, 0.6) is 5.75 Å². The first-order chi connectivity index (χ1) is 10.1. The Morgan fingerprint density at radius 1 is 1.24 bits per heavy atom. The van der Waals surface area contributed by atoms with Gasteiger partial charge in [0.05, 0.1) is 6.07 Å². The van der Waals surface area contributed by atoms with E-state index in [9.17, 15) is 9.65 Å². The molecule has 0 heterocycles. The first-order valence-corrected chi connectivity index (χ1v) is 6.66. The van der Waals surface area contributed by atoms with Gasteiger partial charge in [0.15, 0.2) is 5.54 Å². The molecule has 0 fully saturated rings. The Bertz CT molecular complexity index is 652. The van der Waals surface area contributed by atoms with Gasteiger partial charge in [-0.25, -0.2) is 4.39 Å². The van der Waals surface area contributed by atoms with Gasteiger partial charge in [-0.3, -0.25) is 5.32 Å². The van der Waals surface area contributed by atoms with Crippen molar-refractivity contribution in [3.05, 3.63) is 65.5 Å². The summed E-state index contributed by atoms with van der Waals surface area (Å²) in [5.74, 6) is 0.269. The van der Waals surface area contributed by atoms with Crippen LogP contribution in [-0.2, 0) is 5.54 Å². The molecule has 4 heteroatoms. The molecule has 0 saturated carbocycles. The Hall–Kier alpha value is -2.38. The molecule has 0 radical (unpaired) electrons. The number of hydrogen-bond acceptors (Lipinski definition) is 3. The first kappa shape index (κ1) is 15.0. The lowest BCUT2D eigenvalue weighted by molar-refractivity contribution is 0.229. The minimum Gasteiger partial charge on any atom is -0.490 e. The first-order valence-electron chi connectivity index (χ1n) is 6.66. The van der Waals surface area contributed by atoms with Crippen molar-refractivity contribution >= 4 is 0 Å². The maximum Gasteiger partial charge on any atom is 0.166 e. The normalized spacial score (nSPS) is 13.2. The molecular formula is C17H17FN2O. The predicted molar refractivity (Wildman–Crippen MR) is 79.4 cm³/mol. The lowest BCUT2D eigenvalue weighted by atomic mass is 9.92. The second-order valence-corrected chi connectivity index (χ2v) is 4.83. The van der Waals surface area contributed by atoms with Gasteiger partial charge in [-0.15, -0.1) is 0 Å². The average molecular weight is 284 g/mol. The molecule has 0 bridgehead atoms. The third-order valence-corrected chi connectivity index (χ3v) is 3.47. The van der Waals surface area contributed by atoms with Gasteiger partial charge in [0.2, 0.25) is 0 Å². The second kappa shape index (κ2) is 6.38. The molecule has 1 N–H and O–H groups in total. The molecule has 21 heavy (non-hydrogen) atoms. The molecule has 2 aromatic carbocycles. The Kier molecular flexibility index (Phi) is 4.56. The van der Waals surface area contributed by atoms with E-state index in [0.717, 1.165) is 5.56 Å². The summed E-state index contributed by atoms with van der Waals surface area (Å²) in [7, 11) is 1.72. The molecule has 0 spiro atoms. The highest BCUT2D eigenvalue weighted by molar-refractivity contribution is 5.35. The number of nitrogens with zero attached hydrogens (tertiary/aromatic N) is 1. The van der Waals surface area contributed by atoms with E-state index in [2.05, 4.69) is 11.4 Å². The van der Waals surface area contributed by atoms with Gasteiger partial charge in [0.25, 0.3) is 0 Å². The number of hydrogen-bond donors (Lipinski definition) is 1. The fourth-order valence-corrected chi connectivity index (χ4v) is 2.14. The number of likely N-dealkylation sites (N-methyl/N-ethyl adjacent to an activating group) is 1. The highest BCUT2D eigenvalue weighted by Crippen LogP contribution is 2.24. The van der Waals surface area contributed by atoms with E-state index in [-0.39, 0.29) is 12.4 Å². The molecule has 0 aliphatic heterocycles. The van der Waals surface area contributed by atoms with Crippen LogP contribution in [0.25, 0.3) is 0 Å². The van der Waals surface area contributed by atoms with Crippen molar-refractivity contribution in [2.75, 3.05) is 13.7 Å². The van der Waals surface area contributed by atoms with Crippen molar-refractivity contribution in [3.63, 3.8) is 0 Å². The number of rotatable bonds is 5. The molecule has 2 rings (SSSR count). The summed E-state index contributed by atoms with van der Waals surface area (Å²) in [5, 5.41) is 12.6. The summed E-state index contributed by atoms with van der Waals surface area (Å²) in [6, 6.07) is 16.0. The predicted octanol–water partition coefficient (Wildman–Crippen LogP) is 3.15. The van der Waals surface area contributed by atoms with Crippen molar-refractivity contribution in [2.24, 2.45) is 0 Å². The number of nitriles is 1. The van der Waals surface area contributed by atoms with E-state index in [1.165, 1.54) is 12.1 Å². The van der Waals surface area contributed by atoms with E-state index in [1.54, 1.807) is 20.0 Å². The van der Waals surface area contributed by atoms with E-state index in [0.29, 0.717) is 11.3 Å². The monoisotopic (exact) mass is 284 g/mol. The summed E-state index contributed by atoms with van der Waals surface area (Å²) in [4.78, 5) is 0. The molecular weight excluding hydrogens is 267 g/mol. The van der Waals surface area contributed by atoms with E-state index >= 15 is 0 Å². The van der Waals surface area contributed by atoms with Crippen LogP contribution < -0.4 is 10.1 Å². The molecule has 3 nitrogen and oxygen atoms in total. The quantitative estimate of drug-likeness (QED) is 0.917. The molecule has 0 amide bonds. The second-order valence-electron chi connectivity index (χ2n) is 4.83. The van der Waals surface area contributed by atoms with E-state index < -0.39 is 5.54 Å². The molecule has 0 aliphatic rings. The fraction of sp³-hybridized carbons (Fsp3) is 0.235. The fourth-order valence-electron chi connectivity index (χ4n) is 2.14. The van der Waals surface area contributed by atoms with E-state index in [1.807, 2.05) is 30.3 Å². The van der Waals surface area contributed by atoms with Crippen LogP contribution in [0, 0.1) is 24.1 Å². The zero-order valence-corrected chi connectivity index (χ0v) is 12.1. The van der Waals surface area contributed by atoms with E-state index in [4.69, 9.17) is 4.74 Å². The van der Waals surface area contributed by atoms with Crippen LogP contribution in [0.2, 0.25) is 0 Å². The minimum atomic E-state index is -0.942. The maximum absolute atomic E-state index is 13.1. The highest BCUT2D eigenvalue weighted by atomic mass is 19.1. The largest absolute Gasteiger partial charge is 0.490 e. The van der Waals surface area contributed by atoms with Gasteiger partial charge in [-0.1, -0.05) is 30.3 Å². The SMILES string of the molecule is CNC(C#N)(COc1ccc(F)cc1C)c1ccccc1. The van der Waals surface area contributed by atoms with Gasteiger partial charge in [-0.2, -0.15) is 5.26 Å². The summed E-state index contributed by atoms with van der Waals surface area (Å²) in [6.45, 7) is 1.91. The summed E-state index contributed by atoms with van der Waals surface area (Å²) >= 11 is 0. The Balaban J connectivity index is 2.24. The van der Waals surface area contributed by atoms with Crippen molar-refractivity contribution in [1.29, 1.82) is 5.26 Å². The Morgan fingerprint density at radius 2 is 1.95 bits per heavy atom. The number of nitrogens with one attached hydrogen (secondary N) is 1. The smallest absolute Gasteiger partial charge is 0.166 e. The standard InChI is InChI=1S/C17H17FN2O/c1-13-10-15(18)8-9-16(13)21-12-17(11-19,20-2)14-6-4-3-5-7-14/h3-10,20H,12H2,1-2H3. The van der Waals surface area contributed by atoms with Gasteiger partial charge in [-0.05, 0) is 43.3 Å². The third-order valence-electron chi connectivity index (χ3n) is 3.47. The van der Waals surface area contributed by atoms with Crippen LogP contribution in [-0.4, -0.2) is 13.7 Å². The molecule has 2 aromatic rings. The van der Waals surface area contributed by atoms with Gasteiger partial charge in [0.1, 0.15) is 18.2 Å². The van der Waals surface area contributed by atoms with Crippen LogP contribution in [0.15, 0.2) is 48.5 Å². The summed E-state index contributed by atoms with van der Waals surface area (Å²) in [6.07, 6.45) is 0. The zero-order valence-electron chi connectivity index (χ0n) is 12.1. The number of aryl methyl sites for hydroxylation is 1. The Labute approximate surface area is 124 Å². The molecule has 108 valence electrons. The van der Waals surface area contributed by atoms with Gasteiger partial charge < -0.3 is 4.74 Å². The number of benzene rings is 2. The molecule has 1 unspecified atom stereocenters. The van der Waals surface area contributed by atoms with Crippen LogP contribution in [0.4, 0.5) is 4.39 Å². The van der Waals surface area contributed by atoms with Gasteiger partial charge in [0, 0.05) is 0 Å². The Morgan fingerprint density at radius 3 is 2.52 bits per heavy atom. The number of ether oxygens (including phenoxy) is 1. The summed E-state index contributed by atoms with van der Waals surface area (Å²) in [5.41, 5.74) is 0.586.